The molecule has 0 saturated carbocycles. The zero-order valence-electron chi connectivity index (χ0n) is 35.6. The molecule has 0 spiro atoms. The molecule has 0 radical (unpaired) electrons. The first-order valence-corrected chi connectivity index (χ1v) is 21.5. The van der Waals surface area contributed by atoms with E-state index in [1.54, 1.807) is 0 Å². The van der Waals surface area contributed by atoms with Crippen LogP contribution in [-0.2, 0) is 28.6 Å². The van der Waals surface area contributed by atoms with E-state index in [0.29, 0.717) is 19.3 Å². The molecule has 0 amide bonds. The van der Waals surface area contributed by atoms with Crippen molar-refractivity contribution in [3.05, 3.63) is 72.9 Å². The minimum Gasteiger partial charge on any atom is -0.477 e. The molecule has 0 rings (SSSR count). The minimum atomic E-state index is -0.883. The van der Waals surface area contributed by atoms with Gasteiger partial charge in [0.15, 0.2) is 12.1 Å². The molecule has 0 aliphatic carbocycles. The molecule has 0 fully saturated rings. The highest BCUT2D eigenvalue weighted by molar-refractivity contribution is 5.72. The van der Waals surface area contributed by atoms with Crippen LogP contribution in [0.3, 0.4) is 0 Å². The van der Waals surface area contributed by atoms with E-state index in [1.807, 2.05) is 21.1 Å². The normalized spacial score (nSPS) is 13.7. The molecule has 314 valence electrons. The number of nitrogens with zero attached hydrogens (tertiary/aromatic N) is 1. The Morgan fingerprint density at radius 1 is 0.564 bits per heavy atom. The van der Waals surface area contributed by atoms with E-state index in [2.05, 4.69) is 86.8 Å². The van der Waals surface area contributed by atoms with Gasteiger partial charge in [0.05, 0.1) is 34.4 Å². The van der Waals surface area contributed by atoms with Crippen molar-refractivity contribution in [3.63, 3.8) is 0 Å². The van der Waals surface area contributed by atoms with Crippen molar-refractivity contribution in [3.8, 4) is 0 Å². The van der Waals surface area contributed by atoms with Crippen LogP contribution in [0.5, 0.6) is 0 Å². The molecule has 0 aliphatic heterocycles. The van der Waals surface area contributed by atoms with Gasteiger partial charge in [0.1, 0.15) is 6.61 Å². The second-order valence-corrected chi connectivity index (χ2v) is 15.2. The summed E-state index contributed by atoms with van der Waals surface area (Å²) >= 11 is 0. The number of hydrogen-bond acceptors (Lipinski definition) is 6. The lowest BCUT2D eigenvalue weighted by molar-refractivity contribution is -0.887. The van der Waals surface area contributed by atoms with Crippen molar-refractivity contribution >= 4 is 17.9 Å². The van der Waals surface area contributed by atoms with E-state index < -0.39 is 18.1 Å². The third kappa shape index (κ3) is 36.2. The summed E-state index contributed by atoms with van der Waals surface area (Å²) in [7, 11) is 5.51. The van der Waals surface area contributed by atoms with Crippen molar-refractivity contribution in [1.29, 1.82) is 0 Å². The van der Waals surface area contributed by atoms with E-state index in [9.17, 15) is 19.5 Å². The summed E-state index contributed by atoms with van der Waals surface area (Å²) in [6.45, 7) is 4.45. The van der Waals surface area contributed by atoms with E-state index in [4.69, 9.17) is 14.2 Å². The topological polar surface area (TPSA) is 99.1 Å². The molecule has 0 heterocycles. The third-order valence-corrected chi connectivity index (χ3v) is 9.16. The highest BCUT2D eigenvalue weighted by atomic mass is 16.6. The molecule has 1 N–H and O–H groups in total. The van der Waals surface area contributed by atoms with Crippen molar-refractivity contribution in [2.24, 2.45) is 0 Å². The Morgan fingerprint density at radius 3 is 1.62 bits per heavy atom. The number of hydrogen-bond donors (Lipinski definition) is 1. The summed E-state index contributed by atoms with van der Waals surface area (Å²) in [5, 5.41) is 9.61. The number of carbonyl (C=O) groups is 3. The third-order valence-electron chi connectivity index (χ3n) is 9.16. The SMILES string of the molecule is CC/C=C/C=C/C=C/CCCCCCCCCC(=O)OC(COCCC(C(=O)O)[N+](C)(C)C)COC(=O)CCCCCCCC/C=C/C/C=C/C/C=C/CC. The van der Waals surface area contributed by atoms with Crippen LogP contribution in [-0.4, -0.2) is 80.6 Å². The van der Waals surface area contributed by atoms with Gasteiger partial charge < -0.3 is 23.8 Å². The maximum atomic E-state index is 12.7. The van der Waals surface area contributed by atoms with Crippen LogP contribution in [0.15, 0.2) is 72.9 Å². The molecule has 2 unspecified atom stereocenters. The number of quaternary nitrogens is 1. The lowest BCUT2D eigenvalue weighted by atomic mass is 10.1. The van der Waals surface area contributed by atoms with Gasteiger partial charge in [-0.3, -0.25) is 9.59 Å². The highest BCUT2D eigenvalue weighted by Gasteiger charge is 2.31. The zero-order chi connectivity index (χ0) is 40.7. The Hall–Kier alpha value is -3.23. The van der Waals surface area contributed by atoms with Crippen LogP contribution in [0.4, 0.5) is 0 Å². The Morgan fingerprint density at radius 2 is 1.05 bits per heavy atom. The monoisotopic (exact) mass is 771 g/mol. The number of allylic oxidation sites excluding steroid dienone is 12. The van der Waals surface area contributed by atoms with Crippen LogP contribution in [0.1, 0.15) is 155 Å². The summed E-state index contributed by atoms with van der Waals surface area (Å²) in [5.41, 5.74) is 0. The molecule has 8 heteroatoms. The maximum absolute atomic E-state index is 12.7. The lowest BCUT2D eigenvalue weighted by Gasteiger charge is -2.31. The fraction of sp³-hybridized carbons (Fsp3) is 0.681. The number of carboxylic acids is 1. The van der Waals surface area contributed by atoms with Crippen LogP contribution in [0, 0.1) is 0 Å². The number of unbranched alkanes of at least 4 members (excludes halogenated alkanes) is 13. The first kappa shape index (κ1) is 51.8. The summed E-state index contributed by atoms with van der Waals surface area (Å²) in [4.78, 5) is 37.0. The number of rotatable bonds is 37. The van der Waals surface area contributed by atoms with Crippen LogP contribution >= 0.6 is 0 Å². The van der Waals surface area contributed by atoms with Gasteiger partial charge in [-0.2, -0.15) is 0 Å². The van der Waals surface area contributed by atoms with Gasteiger partial charge in [0.2, 0.25) is 0 Å². The molecule has 0 aromatic carbocycles. The summed E-state index contributed by atoms with van der Waals surface area (Å²) in [6.07, 6.45) is 46.5. The highest BCUT2D eigenvalue weighted by Crippen LogP contribution is 2.13. The zero-order valence-corrected chi connectivity index (χ0v) is 35.6. The van der Waals surface area contributed by atoms with Crippen LogP contribution < -0.4 is 0 Å². The summed E-state index contributed by atoms with van der Waals surface area (Å²) < 4.78 is 17.2. The first-order chi connectivity index (χ1) is 26.6. The Bertz CT molecular complexity index is 1130. The average Bonchev–Trinajstić information content (AvgIpc) is 3.14. The molecule has 0 aromatic heterocycles. The summed E-state index contributed by atoms with van der Waals surface area (Å²) in [5.74, 6) is -1.51. The standard InChI is InChI=1S/C47H79NO7/c1-6-8-10-12-14-16-18-20-22-24-25-27-29-31-33-35-37-45(49)54-42-43(41-53-40-39-44(47(51)52)48(3,4)5)55-46(50)38-36-34-32-30-28-26-23-21-19-17-15-13-11-9-7-2/h8-11,13-17,19-20,22,43-44H,6-7,12,18,21,23-42H2,1-5H3/p+1/b10-8+,11-9+,15-13+,16-14+,19-17+,22-20+. The second-order valence-electron chi connectivity index (χ2n) is 15.2. The van der Waals surface area contributed by atoms with E-state index in [0.717, 1.165) is 89.9 Å². The maximum Gasteiger partial charge on any atom is 0.362 e. The van der Waals surface area contributed by atoms with Gasteiger partial charge in [0, 0.05) is 19.3 Å². The largest absolute Gasteiger partial charge is 0.477 e. The first-order valence-electron chi connectivity index (χ1n) is 21.5. The minimum absolute atomic E-state index is 0.0480. The Balaban J connectivity index is 4.40. The molecule has 0 aromatic rings. The Kier molecular flexibility index (Phi) is 35.5. The molecule has 0 bridgehead atoms. The van der Waals surface area contributed by atoms with Crippen LogP contribution in [0.2, 0.25) is 0 Å². The van der Waals surface area contributed by atoms with Gasteiger partial charge >= 0.3 is 17.9 Å². The molecule has 8 nitrogen and oxygen atoms in total. The van der Waals surface area contributed by atoms with E-state index in [-0.39, 0.29) is 36.2 Å². The van der Waals surface area contributed by atoms with Crippen molar-refractivity contribution < 1.29 is 38.2 Å². The van der Waals surface area contributed by atoms with Crippen LogP contribution in [0.25, 0.3) is 0 Å². The molecule has 0 aliphatic rings. The average molecular weight is 771 g/mol. The number of aliphatic carboxylic acids is 1. The smallest absolute Gasteiger partial charge is 0.362 e. The molecule has 0 saturated heterocycles. The number of carboxylic acid groups (broad SMARTS) is 1. The van der Waals surface area contributed by atoms with Gasteiger partial charge in [-0.15, -0.1) is 0 Å². The quantitative estimate of drug-likeness (QED) is 0.0221. The predicted molar refractivity (Wildman–Crippen MR) is 229 cm³/mol. The summed E-state index contributed by atoms with van der Waals surface area (Å²) in [6, 6.07) is -0.622. The molecular formula is C47H80NO7+. The molecule has 2 atom stereocenters. The number of esters is 2. The molecule has 55 heavy (non-hydrogen) atoms. The number of carbonyl (C=O) groups excluding carboxylic acids is 2. The predicted octanol–water partition coefficient (Wildman–Crippen LogP) is 11.6. The van der Waals surface area contributed by atoms with Crippen molar-refractivity contribution in [1.82, 2.24) is 0 Å². The fourth-order valence-electron chi connectivity index (χ4n) is 5.87. The van der Waals surface area contributed by atoms with Crippen molar-refractivity contribution in [2.75, 3.05) is 41.0 Å². The number of ether oxygens (including phenoxy) is 3. The second kappa shape index (κ2) is 37.7. The van der Waals surface area contributed by atoms with Gasteiger partial charge in [0.25, 0.3) is 0 Å². The number of likely N-dealkylation sites (N-methyl/N-ethyl adjacent to an activating group) is 1. The van der Waals surface area contributed by atoms with Gasteiger partial charge in [-0.05, 0) is 64.2 Å². The van der Waals surface area contributed by atoms with Gasteiger partial charge in [-0.25, -0.2) is 4.79 Å². The lowest BCUT2D eigenvalue weighted by Crippen LogP contribution is -2.50. The van der Waals surface area contributed by atoms with Crippen molar-refractivity contribution in [2.45, 2.75) is 167 Å². The fourth-order valence-corrected chi connectivity index (χ4v) is 5.87. The van der Waals surface area contributed by atoms with E-state index >= 15 is 0 Å². The molecular weight excluding hydrogens is 691 g/mol. The van der Waals surface area contributed by atoms with E-state index in [1.165, 1.54) is 32.1 Å². The Labute approximate surface area is 336 Å². The van der Waals surface area contributed by atoms with Gasteiger partial charge in [-0.1, -0.05) is 145 Å².